The molecular weight excluding hydrogens is 237 g/mol. The zero-order valence-electron chi connectivity index (χ0n) is 10.2. The summed E-state index contributed by atoms with van der Waals surface area (Å²) in [6.07, 6.45) is 1.97. The molecule has 1 N–H and O–H groups in total. The van der Waals surface area contributed by atoms with Gasteiger partial charge in [0.2, 0.25) is 0 Å². The maximum atomic E-state index is 12.7. The molecule has 0 radical (unpaired) electrons. The summed E-state index contributed by atoms with van der Waals surface area (Å²) in [4.78, 5) is 0. The molecule has 0 amide bonds. The van der Waals surface area contributed by atoms with Crippen molar-refractivity contribution in [1.29, 1.82) is 0 Å². The highest BCUT2D eigenvalue weighted by atomic mass is 32.1. The molecule has 0 saturated heterocycles. The van der Waals surface area contributed by atoms with Gasteiger partial charge in [0.1, 0.15) is 5.82 Å². The van der Waals surface area contributed by atoms with Crippen molar-refractivity contribution < 1.29 is 9.13 Å². The molecule has 1 atom stereocenters. The Morgan fingerprint density at radius 2 is 2.06 bits per heavy atom. The Balaban J connectivity index is 2.51. The third-order valence-electron chi connectivity index (χ3n) is 2.53. The zero-order chi connectivity index (χ0) is 12.7. The summed E-state index contributed by atoms with van der Waals surface area (Å²) in [6, 6.07) is 6.52. The number of nitrogens with one attached hydrogen (secondary N) is 1. The lowest BCUT2D eigenvalue weighted by Gasteiger charge is -2.18. The summed E-state index contributed by atoms with van der Waals surface area (Å²) in [5, 5.41) is 3.90. The minimum Gasteiger partial charge on any atom is -0.489 e. The molecule has 0 saturated carbocycles. The average Bonchev–Trinajstić information content (AvgIpc) is 2.35. The van der Waals surface area contributed by atoms with Gasteiger partial charge in [-0.3, -0.25) is 0 Å². The number of ether oxygens (including phenoxy) is 1. The lowest BCUT2D eigenvalue weighted by molar-refractivity contribution is 0.374. The highest BCUT2D eigenvalue weighted by Crippen LogP contribution is 2.05. The predicted octanol–water partition coefficient (Wildman–Crippen LogP) is 3.06. The first kappa shape index (κ1) is 14.1. The maximum absolute atomic E-state index is 12.7. The van der Waals surface area contributed by atoms with Gasteiger partial charge in [-0.15, -0.1) is 0 Å². The quantitative estimate of drug-likeness (QED) is 0.789. The van der Waals surface area contributed by atoms with Gasteiger partial charge in [0.25, 0.3) is 0 Å². The van der Waals surface area contributed by atoms with E-state index >= 15 is 0 Å². The largest absolute Gasteiger partial charge is 0.489 e. The van der Waals surface area contributed by atoms with Crippen LogP contribution >= 0.6 is 12.2 Å². The van der Waals surface area contributed by atoms with E-state index in [-0.39, 0.29) is 11.9 Å². The molecule has 0 aliphatic heterocycles. The smallest absolute Gasteiger partial charge is 0.176 e. The van der Waals surface area contributed by atoms with Gasteiger partial charge in [0, 0.05) is 6.54 Å². The fourth-order valence-corrected chi connectivity index (χ4v) is 1.78. The molecular formula is C13H18FNOS. The summed E-state index contributed by atoms with van der Waals surface area (Å²) in [5.74, 6) is -0.216. The van der Waals surface area contributed by atoms with Gasteiger partial charge >= 0.3 is 0 Å². The summed E-state index contributed by atoms with van der Waals surface area (Å²) < 4.78 is 17.8. The van der Waals surface area contributed by atoms with Gasteiger partial charge in [-0.05, 0) is 36.3 Å². The highest BCUT2D eigenvalue weighted by molar-refractivity contribution is 7.80. The van der Waals surface area contributed by atoms with Crippen LogP contribution in [0.2, 0.25) is 0 Å². The van der Waals surface area contributed by atoms with Gasteiger partial charge in [0.15, 0.2) is 5.05 Å². The Labute approximate surface area is 107 Å². The second-order valence-corrected chi connectivity index (χ2v) is 4.27. The van der Waals surface area contributed by atoms with E-state index < -0.39 is 0 Å². The molecule has 4 heteroatoms. The van der Waals surface area contributed by atoms with E-state index in [1.807, 2.05) is 0 Å². The summed E-state index contributed by atoms with van der Waals surface area (Å²) in [5.41, 5.74) is 1.03. The van der Waals surface area contributed by atoms with Crippen molar-refractivity contribution in [3.8, 4) is 0 Å². The van der Waals surface area contributed by atoms with Crippen LogP contribution in [0, 0.1) is 5.82 Å². The third kappa shape index (κ3) is 4.79. The molecule has 2 nitrogen and oxygen atoms in total. The molecule has 1 aromatic carbocycles. The lowest BCUT2D eigenvalue weighted by atomic mass is 10.1. The molecule has 17 heavy (non-hydrogen) atoms. The van der Waals surface area contributed by atoms with Crippen molar-refractivity contribution in [3.05, 3.63) is 35.6 Å². The van der Waals surface area contributed by atoms with E-state index in [2.05, 4.69) is 12.2 Å². The van der Waals surface area contributed by atoms with Gasteiger partial charge in [-0.2, -0.15) is 0 Å². The average molecular weight is 255 g/mol. The maximum Gasteiger partial charge on any atom is 0.176 e. The second-order valence-electron chi connectivity index (χ2n) is 3.87. The molecule has 0 aromatic heterocycles. The first-order chi connectivity index (χ1) is 8.17. The molecule has 0 fully saturated rings. The van der Waals surface area contributed by atoms with E-state index in [4.69, 9.17) is 17.0 Å². The van der Waals surface area contributed by atoms with Gasteiger partial charge in [-0.1, -0.05) is 25.5 Å². The summed E-state index contributed by atoms with van der Waals surface area (Å²) in [7, 11) is 1.59. The van der Waals surface area contributed by atoms with Crippen LogP contribution in [0.4, 0.5) is 4.39 Å². The second kappa shape index (κ2) is 7.35. The number of methoxy groups -OCH3 is 1. The SMILES string of the molecule is CCC[C@H](NCc1ccc(F)cc1)C(=S)OC. The number of benzene rings is 1. The molecule has 94 valence electrons. The first-order valence-corrected chi connectivity index (χ1v) is 6.13. The van der Waals surface area contributed by atoms with Crippen molar-refractivity contribution in [3.63, 3.8) is 0 Å². The monoisotopic (exact) mass is 255 g/mol. The van der Waals surface area contributed by atoms with Gasteiger partial charge in [0.05, 0.1) is 13.2 Å². The molecule has 0 heterocycles. The van der Waals surface area contributed by atoms with Crippen LogP contribution in [0.25, 0.3) is 0 Å². The summed E-state index contributed by atoms with van der Waals surface area (Å²) >= 11 is 5.13. The van der Waals surface area contributed by atoms with Crippen LogP contribution in [0.15, 0.2) is 24.3 Å². The number of hydrogen-bond donors (Lipinski definition) is 1. The number of rotatable bonds is 6. The van der Waals surface area contributed by atoms with Crippen LogP contribution in [-0.2, 0) is 11.3 Å². The fourth-order valence-electron chi connectivity index (χ4n) is 1.58. The Morgan fingerprint density at radius 3 is 2.59 bits per heavy atom. The molecule has 0 aliphatic carbocycles. The van der Waals surface area contributed by atoms with Crippen molar-refractivity contribution in [2.75, 3.05) is 7.11 Å². The van der Waals surface area contributed by atoms with Crippen molar-refractivity contribution >= 4 is 17.3 Å². The molecule has 1 rings (SSSR count). The topological polar surface area (TPSA) is 21.3 Å². The van der Waals surface area contributed by atoms with Crippen LogP contribution in [0.3, 0.4) is 0 Å². The first-order valence-electron chi connectivity index (χ1n) is 5.73. The molecule has 0 bridgehead atoms. The van der Waals surface area contributed by atoms with Crippen LogP contribution in [0.5, 0.6) is 0 Å². The van der Waals surface area contributed by atoms with E-state index in [1.54, 1.807) is 19.2 Å². The number of thiocarbonyl (C=S) groups is 1. The predicted molar refractivity (Wildman–Crippen MR) is 71.5 cm³/mol. The van der Waals surface area contributed by atoms with E-state index in [0.717, 1.165) is 18.4 Å². The van der Waals surface area contributed by atoms with E-state index in [9.17, 15) is 4.39 Å². The zero-order valence-corrected chi connectivity index (χ0v) is 11.0. The van der Waals surface area contributed by atoms with Crippen molar-refractivity contribution in [2.45, 2.75) is 32.4 Å². The fraction of sp³-hybridized carbons (Fsp3) is 0.462. The Kier molecular flexibility index (Phi) is 6.08. The van der Waals surface area contributed by atoms with Gasteiger partial charge in [-0.25, -0.2) is 4.39 Å². The highest BCUT2D eigenvalue weighted by Gasteiger charge is 2.13. The Bertz CT molecular complexity index is 353. The molecule has 1 aromatic rings. The lowest BCUT2D eigenvalue weighted by Crippen LogP contribution is -2.36. The van der Waals surface area contributed by atoms with Crippen LogP contribution in [-0.4, -0.2) is 18.2 Å². The minimum absolute atomic E-state index is 0.0741. The van der Waals surface area contributed by atoms with E-state index in [1.165, 1.54) is 12.1 Å². The van der Waals surface area contributed by atoms with Crippen LogP contribution < -0.4 is 5.32 Å². The minimum atomic E-state index is -0.216. The number of hydrogen-bond acceptors (Lipinski definition) is 3. The summed E-state index contributed by atoms with van der Waals surface area (Å²) in [6.45, 7) is 2.76. The van der Waals surface area contributed by atoms with Crippen LogP contribution in [0.1, 0.15) is 25.3 Å². The van der Waals surface area contributed by atoms with Gasteiger partial charge < -0.3 is 10.1 Å². The molecule has 0 unspecified atom stereocenters. The van der Waals surface area contributed by atoms with Crippen molar-refractivity contribution in [1.82, 2.24) is 5.32 Å². The normalized spacial score (nSPS) is 12.2. The standard InChI is InChI=1S/C13H18FNOS/c1-3-4-12(13(17)16-2)15-9-10-5-7-11(14)8-6-10/h5-8,12,15H,3-4,9H2,1-2H3/t12-/m0/s1. The van der Waals surface area contributed by atoms with E-state index in [0.29, 0.717) is 11.6 Å². The van der Waals surface area contributed by atoms with Crippen molar-refractivity contribution in [2.24, 2.45) is 0 Å². The molecule has 0 aliphatic rings. The Hall–Kier alpha value is -1.00. The number of halogens is 1. The molecule has 0 spiro atoms. The Morgan fingerprint density at radius 1 is 1.41 bits per heavy atom. The third-order valence-corrected chi connectivity index (χ3v) is 2.98.